The summed E-state index contributed by atoms with van der Waals surface area (Å²) < 4.78 is 2.78. The molecule has 2 atom stereocenters. The van der Waals surface area contributed by atoms with Crippen LogP contribution in [0, 0.1) is 0 Å². The van der Waals surface area contributed by atoms with Crippen LogP contribution in [0.4, 0.5) is 0 Å². The van der Waals surface area contributed by atoms with Gasteiger partial charge in [0.05, 0.1) is 9.68 Å². The maximum atomic E-state index is 2.78. The molecule has 0 saturated carbocycles. The van der Waals surface area contributed by atoms with Gasteiger partial charge in [0.25, 0.3) is 0 Å². The molecule has 0 N–H and O–H groups in total. The van der Waals surface area contributed by atoms with E-state index in [1.54, 1.807) is 0 Å². The minimum Gasteiger partial charge on any atom is -0.322 e. The summed E-state index contributed by atoms with van der Waals surface area (Å²) >= 11 is 0. The predicted molar refractivity (Wildman–Crippen MR) is 69.3 cm³/mol. The van der Waals surface area contributed by atoms with Crippen LogP contribution in [-0.4, -0.2) is 36.1 Å². The van der Waals surface area contributed by atoms with E-state index in [4.69, 9.17) is 0 Å². The molecule has 0 aliphatic rings. The van der Waals surface area contributed by atoms with Crippen molar-refractivity contribution >= 4 is 19.9 Å². The van der Waals surface area contributed by atoms with Crippen molar-refractivity contribution in [1.29, 1.82) is 0 Å². The van der Waals surface area contributed by atoms with Gasteiger partial charge in [0.1, 0.15) is 0 Å². The van der Waals surface area contributed by atoms with Crippen molar-refractivity contribution in [3.8, 4) is 0 Å². The summed E-state index contributed by atoms with van der Waals surface area (Å²) in [6, 6.07) is 0.781. The van der Waals surface area contributed by atoms with Crippen molar-refractivity contribution < 1.29 is 0 Å². The topological polar surface area (TPSA) is 3.24 Å². The molecule has 13 heavy (non-hydrogen) atoms. The van der Waals surface area contributed by atoms with Gasteiger partial charge in [0, 0.05) is 15.8 Å². The van der Waals surface area contributed by atoms with E-state index in [2.05, 4.69) is 46.1 Å². The third-order valence-corrected chi connectivity index (χ3v) is 6.34. The Balaban J connectivity index is 4.37. The van der Waals surface area contributed by atoms with Gasteiger partial charge in [0.15, 0.2) is 0 Å². The lowest BCUT2D eigenvalue weighted by molar-refractivity contribution is 0.196. The van der Waals surface area contributed by atoms with Gasteiger partial charge >= 0.3 is 0 Å². The Morgan fingerprint density at radius 2 is 1.77 bits per heavy atom. The molecule has 0 saturated heterocycles. The van der Waals surface area contributed by atoms with E-state index in [1.165, 1.54) is 16.7 Å². The second kappa shape index (κ2) is 5.32. The first kappa shape index (κ1) is 13.4. The van der Waals surface area contributed by atoms with Crippen LogP contribution in [0.15, 0.2) is 0 Å². The number of hydrogen-bond donors (Lipinski definition) is 0. The van der Waals surface area contributed by atoms with Crippen LogP contribution in [-0.2, 0) is 0 Å². The zero-order chi connectivity index (χ0) is 10.6. The summed E-state index contributed by atoms with van der Waals surface area (Å²) in [6.45, 7) is 14.2. The third-order valence-electron chi connectivity index (χ3n) is 2.55. The van der Waals surface area contributed by atoms with Crippen LogP contribution in [0.3, 0.4) is 0 Å². The number of hydrogen-bond acceptors (Lipinski definition) is 1. The molecule has 0 aromatic heterocycles. The van der Waals surface area contributed by atoms with Crippen molar-refractivity contribution in [2.75, 3.05) is 0 Å². The Labute approximate surface area is 89.6 Å². The Bertz CT molecular complexity index is 140. The van der Waals surface area contributed by atoms with Crippen molar-refractivity contribution in [1.82, 2.24) is 4.57 Å². The average molecular weight is 218 g/mol. The van der Waals surface area contributed by atoms with E-state index in [-0.39, 0.29) is 9.68 Å². The quantitative estimate of drug-likeness (QED) is 0.638. The SMILES string of the molecule is CCC(C)N([SiH2]C(C)[SiH3])C(C)(C)C. The predicted octanol–water partition coefficient (Wildman–Crippen LogP) is 1.10. The molecule has 0 fully saturated rings. The lowest BCUT2D eigenvalue weighted by Gasteiger charge is -2.41. The van der Waals surface area contributed by atoms with Gasteiger partial charge in [-0.3, -0.25) is 0 Å². The first-order valence-corrected chi connectivity index (χ1v) is 8.16. The Hall–Kier alpha value is 0.394. The molecule has 80 valence electrons. The fourth-order valence-corrected chi connectivity index (χ4v) is 4.86. The Kier molecular flexibility index (Phi) is 5.48. The average Bonchev–Trinajstić information content (AvgIpc) is 1.96. The minimum atomic E-state index is -0.00750. The van der Waals surface area contributed by atoms with E-state index in [0.717, 1.165) is 11.2 Å². The molecule has 2 unspecified atom stereocenters. The first-order chi connectivity index (χ1) is 5.79. The zero-order valence-corrected chi connectivity index (χ0v) is 13.9. The lowest BCUT2D eigenvalue weighted by atomic mass is 10.1. The summed E-state index contributed by atoms with van der Waals surface area (Å²) in [6.07, 6.45) is 1.29. The molecular formula is C10H27NSi2. The molecule has 1 nitrogen and oxygen atoms in total. The Morgan fingerprint density at radius 3 is 2.00 bits per heavy atom. The largest absolute Gasteiger partial charge is 0.322 e. The van der Waals surface area contributed by atoms with Crippen LogP contribution in [0.25, 0.3) is 0 Å². The summed E-state index contributed by atoms with van der Waals surface area (Å²) in [5.41, 5.74) is 0.389. The summed E-state index contributed by atoms with van der Waals surface area (Å²) in [7, 11) is 1.36. The molecule has 0 aromatic rings. The van der Waals surface area contributed by atoms with Gasteiger partial charge in [-0.1, -0.05) is 25.9 Å². The van der Waals surface area contributed by atoms with Crippen LogP contribution in [0.5, 0.6) is 0 Å². The standard InChI is InChI=1S/C10H27NSi2/c1-7-8(2)11(10(4,5)6)13-9(3)12/h8-9H,7,13H2,1-6,12H3. The van der Waals surface area contributed by atoms with Crippen LogP contribution in [0.1, 0.15) is 48.0 Å². The van der Waals surface area contributed by atoms with Gasteiger partial charge in [-0.15, -0.1) is 0 Å². The molecule has 0 amide bonds. The van der Waals surface area contributed by atoms with E-state index >= 15 is 0 Å². The van der Waals surface area contributed by atoms with Gasteiger partial charge in [-0.25, -0.2) is 0 Å². The smallest absolute Gasteiger partial charge is 0.0954 e. The van der Waals surface area contributed by atoms with Crippen molar-refractivity contribution in [3.05, 3.63) is 0 Å². The highest BCUT2D eigenvalue weighted by molar-refractivity contribution is 6.47. The third kappa shape index (κ3) is 4.98. The molecule has 0 rings (SSSR count). The summed E-state index contributed by atoms with van der Waals surface area (Å²) in [5.74, 6) is 0. The molecule has 0 aliphatic heterocycles. The summed E-state index contributed by atoms with van der Waals surface area (Å²) in [4.78, 5) is 0. The van der Waals surface area contributed by atoms with Gasteiger partial charge in [-0.2, -0.15) is 0 Å². The van der Waals surface area contributed by atoms with E-state index in [9.17, 15) is 0 Å². The zero-order valence-electron chi connectivity index (χ0n) is 10.5. The fraction of sp³-hybridized carbons (Fsp3) is 1.00. The second-order valence-electron chi connectivity index (χ2n) is 5.47. The molecule has 0 aromatic carbocycles. The highest BCUT2D eigenvalue weighted by atomic mass is 28.3. The maximum Gasteiger partial charge on any atom is 0.0954 e. The van der Waals surface area contributed by atoms with Crippen molar-refractivity contribution in [3.63, 3.8) is 0 Å². The molecule has 0 radical (unpaired) electrons. The van der Waals surface area contributed by atoms with Gasteiger partial charge in [0.2, 0.25) is 0 Å². The van der Waals surface area contributed by atoms with E-state index in [0.29, 0.717) is 5.54 Å². The molecule has 0 spiro atoms. The van der Waals surface area contributed by atoms with Crippen LogP contribution in [0.2, 0.25) is 5.16 Å². The van der Waals surface area contributed by atoms with E-state index < -0.39 is 0 Å². The van der Waals surface area contributed by atoms with Gasteiger partial charge < -0.3 is 4.57 Å². The Morgan fingerprint density at radius 1 is 1.31 bits per heavy atom. The van der Waals surface area contributed by atoms with Crippen LogP contribution < -0.4 is 0 Å². The van der Waals surface area contributed by atoms with Crippen LogP contribution >= 0.6 is 0 Å². The summed E-state index contributed by atoms with van der Waals surface area (Å²) in [5, 5.41) is 1.04. The highest BCUT2D eigenvalue weighted by Gasteiger charge is 2.25. The molecular weight excluding hydrogens is 190 g/mol. The molecule has 3 heteroatoms. The highest BCUT2D eigenvalue weighted by Crippen LogP contribution is 2.19. The molecule has 0 heterocycles. The second-order valence-corrected chi connectivity index (χ2v) is 11.8. The van der Waals surface area contributed by atoms with E-state index in [1.807, 2.05) is 0 Å². The number of nitrogens with zero attached hydrogens (tertiary/aromatic N) is 1. The van der Waals surface area contributed by atoms with Crippen molar-refractivity contribution in [2.45, 2.75) is 64.7 Å². The fourth-order valence-electron chi connectivity index (χ4n) is 1.73. The number of rotatable bonds is 4. The molecule has 0 bridgehead atoms. The van der Waals surface area contributed by atoms with Crippen molar-refractivity contribution in [2.24, 2.45) is 0 Å². The van der Waals surface area contributed by atoms with Gasteiger partial charge in [-0.05, 0) is 33.2 Å². The first-order valence-electron chi connectivity index (χ1n) is 5.55. The monoisotopic (exact) mass is 217 g/mol. The lowest BCUT2D eigenvalue weighted by Crippen LogP contribution is -2.50. The molecule has 0 aliphatic carbocycles. The maximum absolute atomic E-state index is 2.78. The normalized spacial score (nSPS) is 18.7. The minimum absolute atomic E-state index is 0.00750.